The lowest BCUT2D eigenvalue weighted by atomic mass is 9.95. The fourth-order valence-electron chi connectivity index (χ4n) is 3.19. The summed E-state index contributed by atoms with van der Waals surface area (Å²) in [6.45, 7) is 6.08. The van der Waals surface area contributed by atoms with E-state index in [-0.39, 0.29) is 5.75 Å². The van der Waals surface area contributed by atoms with Crippen molar-refractivity contribution in [2.24, 2.45) is 0 Å². The third-order valence-electron chi connectivity index (χ3n) is 4.57. The Hall–Kier alpha value is -2.50. The maximum Gasteiger partial charge on any atom is 0.357 e. The minimum absolute atomic E-state index is 0.264. The molecule has 0 saturated carbocycles. The van der Waals surface area contributed by atoms with Crippen LogP contribution in [0.4, 0.5) is 0 Å². The van der Waals surface area contributed by atoms with Crippen molar-refractivity contribution in [1.29, 1.82) is 5.26 Å². The number of morpholine rings is 1. The number of allylic oxidation sites excluding steroid dienone is 1. The Labute approximate surface area is 167 Å². The number of aryl methyl sites for hydroxylation is 1. The molecule has 1 aliphatic heterocycles. The molecule has 0 spiro atoms. The maximum absolute atomic E-state index is 11.2. The van der Waals surface area contributed by atoms with Crippen molar-refractivity contribution < 1.29 is 17.7 Å². The van der Waals surface area contributed by atoms with Gasteiger partial charge in [-0.15, -0.1) is 0 Å². The van der Waals surface area contributed by atoms with Crippen LogP contribution in [0.5, 0.6) is 5.75 Å². The molecule has 2 aromatic carbocycles. The summed E-state index contributed by atoms with van der Waals surface area (Å²) in [6, 6.07) is 15.4. The first kappa shape index (κ1) is 20.2. The fourth-order valence-corrected chi connectivity index (χ4v) is 3.48. The molecule has 1 saturated heterocycles. The summed E-state index contributed by atoms with van der Waals surface area (Å²) in [5.74, 6) is 0.264. The van der Waals surface area contributed by atoms with Crippen LogP contribution in [0.2, 0.25) is 0 Å². The Morgan fingerprint density at radius 1 is 1.29 bits per heavy atom. The molecule has 1 fully saturated rings. The van der Waals surface area contributed by atoms with E-state index >= 15 is 0 Å². The molecule has 3 rings (SSSR count). The molecule has 28 heavy (non-hydrogen) atoms. The highest BCUT2D eigenvalue weighted by molar-refractivity contribution is 7.74. The molecular weight excluding hydrogens is 376 g/mol. The largest absolute Gasteiger partial charge is 0.379 e. The van der Waals surface area contributed by atoms with Crippen molar-refractivity contribution in [3.8, 4) is 11.8 Å². The lowest BCUT2D eigenvalue weighted by Gasteiger charge is -2.26. The Bertz CT molecular complexity index is 913. The number of rotatable bonds is 6. The summed E-state index contributed by atoms with van der Waals surface area (Å²) in [6.07, 6.45) is 1.43. The number of hydrogen-bond donors (Lipinski definition) is 1. The molecule has 1 heterocycles. The van der Waals surface area contributed by atoms with Gasteiger partial charge in [0.25, 0.3) is 0 Å². The van der Waals surface area contributed by atoms with Gasteiger partial charge in [-0.2, -0.15) is 9.47 Å². The van der Waals surface area contributed by atoms with E-state index < -0.39 is 11.4 Å². The third kappa shape index (κ3) is 5.27. The first-order valence-electron chi connectivity index (χ1n) is 8.96. The Kier molecular flexibility index (Phi) is 6.95. The molecular formula is C21H22N2O4S. The van der Waals surface area contributed by atoms with Gasteiger partial charge < -0.3 is 8.92 Å². The minimum Gasteiger partial charge on any atom is -0.379 e. The zero-order chi connectivity index (χ0) is 19.9. The second-order valence-corrected chi connectivity index (χ2v) is 7.17. The summed E-state index contributed by atoms with van der Waals surface area (Å²) < 4.78 is 30.8. The molecule has 0 aromatic heterocycles. The lowest BCUT2D eigenvalue weighted by molar-refractivity contribution is 0.0342. The van der Waals surface area contributed by atoms with E-state index in [9.17, 15) is 9.47 Å². The van der Waals surface area contributed by atoms with Crippen LogP contribution in [-0.2, 0) is 22.6 Å². The van der Waals surface area contributed by atoms with Gasteiger partial charge in [0, 0.05) is 36.8 Å². The predicted molar refractivity (Wildman–Crippen MR) is 108 cm³/mol. The molecule has 146 valence electrons. The molecule has 1 N–H and O–H groups in total. The third-order valence-corrected chi connectivity index (χ3v) is 4.89. The predicted octanol–water partition coefficient (Wildman–Crippen LogP) is 3.30. The van der Waals surface area contributed by atoms with Gasteiger partial charge in [-0.1, -0.05) is 36.4 Å². The highest BCUT2D eigenvalue weighted by atomic mass is 32.2. The second-order valence-electron chi connectivity index (χ2n) is 6.57. The summed E-state index contributed by atoms with van der Waals surface area (Å²) in [7, 11) is 0. The van der Waals surface area contributed by atoms with Crippen LogP contribution in [0.25, 0.3) is 5.57 Å². The average molecular weight is 398 g/mol. The standard InChI is InChI=1S/C21H22N2O4S/c1-16-2-7-20(21(14-16)27-28(24)25)19(8-9-22)18-5-3-17(4-6-18)15-23-10-12-26-13-11-23/h2-8,14H,10-13,15H2,1H3,(H,24,25)/b19-8+. The van der Waals surface area contributed by atoms with Crippen molar-refractivity contribution in [2.45, 2.75) is 13.5 Å². The SMILES string of the molecule is Cc1ccc(/C(=C/C#N)c2ccc(CN3CCOCC3)cc2)c(OS(=O)O)c1. The molecule has 2 aromatic rings. The number of nitriles is 1. The Morgan fingerprint density at radius 2 is 2.00 bits per heavy atom. The second kappa shape index (κ2) is 9.62. The number of hydrogen-bond acceptors (Lipinski definition) is 5. The van der Waals surface area contributed by atoms with E-state index in [1.807, 2.05) is 37.3 Å². The van der Waals surface area contributed by atoms with Crippen LogP contribution in [0, 0.1) is 18.3 Å². The van der Waals surface area contributed by atoms with Crippen LogP contribution in [0.3, 0.4) is 0 Å². The van der Waals surface area contributed by atoms with Crippen molar-refractivity contribution in [3.63, 3.8) is 0 Å². The normalized spacial score (nSPS) is 16.4. The fraction of sp³-hybridized carbons (Fsp3) is 0.286. The smallest absolute Gasteiger partial charge is 0.357 e. The Balaban J connectivity index is 1.88. The monoisotopic (exact) mass is 398 g/mol. The van der Waals surface area contributed by atoms with E-state index in [0.29, 0.717) is 11.1 Å². The zero-order valence-electron chi connectivity index (χ0n) is 15.6. The van der Waals surface area contributed by atoms with Gasteiger partial charge >= 0.3 is 11.4 Å². The average Bonchev–Trinajstić information content (AvgIpc) is 2.68. The number of ether oxygens (including phenoxy) is 1. The van der Waals surface area contributed by atoms with Crippen LogP contribution in [0.1, 0.15) is 22.3 Å². The summed E-state index contributed by atoms with van der Waals surface area (Å²) in [4.78, 5) is 2.34. The van der Waals surface area contributed by atoms with Gasteiger partial charge in [-0.05, 0) is 29.7 Å². The first-order valence-corrected chi connectivity index (χ1v) is 9.99. The van der Waals surface area contributed by atoms with E-state index in [1.165, 1.54) is 11.6 Å². The van der Waals surface area contributed by atoms with Crippen molar-refractivity contribution in [2.75, 3.05) is 26.3 Å². The maximum atomic E-state index is 11.2. The molecule has 1 atom stereocenters. The molecule has 6 nitrogen and oxygen atoms in total. The molecule has 1 unspecified atom stereocenters. The van der Waals surface area contributed by atoms with E-state index in [0.717, 1.165) is 44.0 Å². The van der Waals surface area contributed by atoms with E-state index in [2.05, 4.69) is 11.0 Å². The zero-order valence-corrected chi connectivity index (χ0v) is 16.4. The summed E-state index contributed by atoms with van der Waals surface area (Å²) in [5, 5.41) is 9.26. The van der Waals surface area contributed by atoms with Crippen molar-refractivity contribution >= 4 is 16.9 Å². The first-order chi connectivity index (χ1) is 13.6. The molecule has 0 radical (unpaired) electrons. The van der Waals surface area contributed by atoms with Gasteiger partial charge in [0.05, 0.1) is 19.3 Å². The van der Waals surface area contributed by atoms with Gasteiger partial charge in [-0.25, -0.2) is 0 Å². The molecule has 0 amide bonds. The van der Waals surface area contributed by atoms with Gasteiger partial charge in [0.2, 0.25) is 0 Å². The quantitative estimate of drug-likeness (QED) is 0.594. The van der Waals surface area contributed by atoms with Crippen molar-refractivity contribution in [1.82, 2.24) is 4.90 Å². The van der Waals surface area contributed by atoms with Crippen LogP contribution < -0.4 is 4.18 Å². The summed E-state index contributed by atoms with van der Waals surface area (Å²) in [5.41, 5.74) is 4.14. The van der Waals surface area contributed by atoms with Crippen LogP contribution in [-0.4, -0.2) is 40.0 Å². The molecule has 7 heteroatoms. The van der Waals surface area contributed by atoms with Gasteiger partial charge in [0.15, 0.2) is 5.75 Å². The van der Waals surface area contributed by atoms with Crippen molar-refractivity contribution in [3.05, 3.63) is 70.8 Å². The minimum atomic E-state index is -2.45. The lowest BCUT2D eigenvalue weighted by Crippen LogP contribution is -2.35. The van der Waals surface area contributed by atoms with Crippen LogP contribution in [0.15, 0.2) is 48.5 Å². The topological polar surface area (TPSA) is 82.8 Å². The molecule has 1 aliphatic rings. The van der Waals surface area contributed by atoms with E-state index in [4.69, 9.17) is 13.5 Å². The highest BCUT2D eigenvalue weighted by Gasteiger charge is 2.15. The molecule has 0 aliphatic carbocycles. The Morgan fingerprint density at radius 3 is 2.64 bits per heavy atom. The van der Waals surface area contributed by atoms with E-state index in [1.54, 1.807) is 12.1 Å². The molecule has 0 bridgehead atoms. The highest BCUT2D eigenvalue weighted by Crippen LogP contribution is 2.32. The van der Waals surface area contributed by atoms with Gasteiger partial charge in [-0.3, -0.25) is 9.45 Å². The number of benzene rings is 2. The number of nitrogens with zero attached hydrogens (tertiary/aromatic N) is 2. The van der Waals surface area contributed by atoms with Gasteiger partial charge in [0.1, 0.15) is 0 Å². The van der Waals surface area contributed by atoms with Crippen LogP contribution >= 0.6 is 0 Å². The summed E-state index contributed by atoms with van der Waals surface area (Å²) >= 11 is -2.45.